The average molecular weight is 379 g/mol. The first-order valence-corrected chi connectivity index (χ1v) is 10.3. The van der Waals surface area contributed by atoms with Crippen LogP contribution in [-0.2, 0) is 10.0 Å². The van der Waals surface area contributed by atoms with E-state index in [0.29, 0.717) is 4.90 Å². The zero-order chi connectivity index (χ0) is 19.0. The number of sulfonamides is 1. The molecule has 1 fully saturated rings. The molecular formula is C22H21NO3S. The fourth-order valence-electron chi connectivity index (χ4n) is 3.45. The summed E-state index contributed by atoms with van der Waals surface area (Å²) in [6.07, 6.45) is 0. The van der Waals surface area contributed by atoms with E-state index in [1.807, 2.05) is 73.7 Å². The summed E-state index contributed by atoms with van der Waals surface area (Å²) in [5.74, 6) is 0.753. The van der Waals surface area contributed by atoms with Gasteiger partial charge in [-0.25, -0.2) is 8.42 Å². The van der Waals surface area contributed by atoms with Crippen LogP contribution in [0, 0.1) is 6.92 Å². The molecule has 4 nitrogen and oxygen atoms in total. The second-order valence-electron chi connectivity index (χ2n) is 6.72. The SMILES string of the molecule is COc1ccc([C@H]2[C@H](c3ccccc3)N2S(=O)(=O)c2ccc(C)cc2)cc1. The number of rotatable bonds is 5. The van der Waals surface area contributed by atoms with Crippen LogP contribution in [0.25, 0.3) is 0 Å². The summed E-state index contributed by atoms with van der Waals surface area (Å²) >= 11 is 0. The van der Waals surface area contributed by atoms with Crippen LogP contribution >= 0.6 is 0 Å². The molecular weight excluding hydrogens is 358 g/mol. The summed E-state index contributed by atoms with van der Waals surface area (Å²) in [7, 11) is -1.97. The third kappa shape index (κ3) is 3.24. The highest BCUT2D eigenvalue weighted by Crippen LogP contribution is 2.57. The van der Waals surface area contributed by atoms with Gasteiger partial charge < -0.3 is 4.74 Å². The van der Waals surface area contributed by atoms with Crippen LogP contribution in [0.5, 0.6) is 5.75 Å². The third-order valence-electron chi connectivity index (χ3n) is 4.95. The van der Waals surface area contributed by atoms with Gasteiger partial charge >= 0.3 is 0 Å². The van der Waals surface area contributed by atoms with Crippen molar-refractivity contribution in [2.24, 2.45) is 0 Å². The van der Waals surface area contributed by atoms with Gasteiger partial charge in [0.15, 0.2) is 0 Å². The van der Waals surface area contributed by atoms with Gasteiger partial charge in [-0.2, -0.15) is 4.31 Å². The normalized spacial score (nSPS) is 21.6. The van der Waals surface area contributed by atoms with Crippen molar-refractivity contribution in [1.82, 2.24) is 4.31 Å². The number of ether oxygens (including phenoxy) is 1. The molecule has 0 aliphatic carbocycles. The predicted molar refractivity (Wildman–Crippen MR) is 105 cm³/mol. The Bertz CT molecular complexity index is 1030. The van der Waals surface area contributed by atoms with Crippen molar-refractivity contribution in [3.05, 3.63) is 95.6 Å². The van der Waals surface area contributed by atoms with Crippen LogP contribution in [-0.4, -0.2) is 19.8 Å². The van der Waals surface area contributed by atoms with Gasteiger partial charge in [-0.05, 0) is 42.3 Å². The summed E-state index contributed by atoms with van der Waals surface area (Å²) < 4.78 is 33.4. The van der Waals surface area contributed by atoms with Crippen LogP contribution < -0.4 is 4.74 Å². The van der Waals surface area contributed by atoms with Crippen molar-refractivity contribution >= 4 is 10.0 Å². The number of hydrogen-bond acceptors (Lipinski definition) is 3. The van der Waals surface area contributed by atoms with Gasteiger partial charge in [-0.15, -0.1) is 0 Å². The molecule has 3 aromatic carbocycles. The van der Waals surface area contributed by atoms with Crippen LogP contribution in [0.15, 0.2) is 83.8 Å². The summed E-state index contributed by atoms with van der Waals surface area (Å²) in [4.78, 5) is 0.324. The molecule has 4 rings (SSSR count). The van der Waals surface area contributed by atoms with E-state index in [1.165, 1.54) is 0 Å². The van der Waals surface area contributed by atoms with Crippen molar-refractivity contribution < 1.29 is 13.2 Å². The Labute approximate surface area is 160 Å². The maximum atomic E-state index is 13.3. The Morgan fingerprint density at radius 3 is 1.89 bits per heavy atom. The van der Waals surface area contributed by atoms with E-state index in [0.717, 1.165) is 22.4 Å². The van der Waals surface area contributed by atoms with Gasteiger partial charge in [0.25, 0.3) is 0 Å². The molecule has 138 valence electrons. The Morgan fingerprint density at radius 2 is 1.33 bits per heavy atom. The lowest BCUT2D eigenvalue weighted by Gasteiger charge is -2.08. The van der Waals surface area contributed by atoms with E-state index in [-0.39, 0.29) is 12.1 Å². The zero-order valence-corrected chi connectivity index (χ0v) is 16.1. The standard InChI is InChI=1S/C22H21NO3S/c1-16-8-14-20(15-9-16)27(24,25)23-21(17-6-4-3-5-7-17)22(23)18-10-12-19(26-2)13-11-18/h3-15,21-22H,1-2H3/t21-,22-,23?/m0/s1. The lowest BCUT2D eigenvalue weighted by Crippen LogP contribution is -2.13. The van der Waals surface area contributed by atoms with Crippen molar-refractivity contribution in [1.29, 1.82) is 0 Å². The highest BCUT2D eigenvalue weighted by molar-refractivity contribution is 7.89. The molecule has 0 bridgehead atoms. The summed E-state index contributed by atoms with van der Waals surface area (Å²) in [5.41, 5.74) is 2.99. The number of methoxy groups -OCH3 is 1. The average Bonchev–Trinajstić information content (AvgIpc) is 3.46. The van der Waals surface area contributed by atoms with Crippen molar-refractivity contribution in [3.63, 3.8) is 0 Å². The second kappa shape index (κ2) is 6.83. The maximum absolute atomic E-state index is 13.3. The molecule has 1 unspecified atom stereocenters. The first-order chi connectivity index (χ1) is 13.0. The minimum atomic E-state index is -3.59. The quantitative estimate of drug-likeness (QED) is 0.614. The first kappa shape index (κ1) is 17.8. The number of nitrogens with zero attached hydrogens (tertiary/aromatic N) is 1. The van der Waals surface area contributed by atoms with E-state index < -0.39 is 10.0 Å². The minimum absolute atomic E-state index is 0.203. The Balaban J connectivity index is 1.75. The molecule has 0 spiro atoms. The molecule has 1 aliphatic rings. The molecule has 3 atom stereocenters. The van der Waals surface area contributed by atoms with Crippen molar-refractivity contribution in [2.45, 2.75) is 23.9 Å². The monoisotopic (exact) mass is 379 g/mol. The van der Waals surface area contributed by atoms with Gasteiger partial charge in [-0.3, -0.25) is 0 Å². The van der Waals surface area contributed by atoms with E-state index in [9.17, 15) is 8.42 Å². The molecule has 1 saturated heterocycles. The van der Waals surface area contributed by atoms with Gasteiger partial charge in [-0.1, -0.05) is 60.2 Å². The first-order valence-electron chi connectivity index (χ1n) is 8.81. The summed E-state index contributed by atoms with van der Waals surface area (Å²) in [6, 6.07) is 24.0. The molecule has 0 radical (unpaired) electrons. The van der Waals surface area contributed by atoms with Gasteiger partial charge in [0.1, 0.15) is 5.75 Å². The maximum Gasteiger partial charge on any atom is 0.244 e. The largest absolute Gasteiger partial charge is 0.497 e. The predicted octanol–water partition coefficient (Wildman–Crippen LogP) is 4.49. The molecule has 1 aliphatic heterocycles. The molecule has 3 aromatic rings. The number of benzene rings is 3. The molecule has 0 amide bonds. The Hall–Kier alpha value is -2.63. The Morgan fingerprint density at radius 1 is 0.778 bits per heavy atom. The van der Waals surface area contributed by atoms with Gasteiger partial charge in [0, 0.05) is 0 Å². The molecule has 1 heterocycles. The van der Waals surface area contributed by atoms with Crippen LogP contribution in [0.4, 0.5) is 0 Å². The van der Waals surface area contributed by atoms with E-state index in [1.54, 1.807) is 23.5 Å². The van der Waals surface area contributed by atoms with Gasteiger partial charge in [0.05, 0.1) is 24.1 Å². The molecule has 0 N–H and O–H groups in total. The third-order valence-corrected chi connectivity index (χ3v) is 6.83. The number of hydrogen-bond donors (Lipinski definition) is 0. The lowest BCUT2D eigenvalue weighted by molar-refractivity contribution is 0.414. The lowest BCUT2D eigenvalue weighted by atomic mass is 10.0. The Kier molecular flexibility index (Phi) is 4.50. The molecule has 0 saturated carbocycles. The van der Waals surface area contributed by atoms with Crippen LogP contribution in [0.1, 0.15) is 28.8 Å². The summed E-state index contributed by atoms with van der Waals surface area (Å²) in [6.45, 7) is 1.95. The fourth-order valence-corrected chi connectivity index (χ4v) is 5.19. The minimum Gasteiger partial charge on any atom is -0.497 e. The second-order valence-corrected chi connectivity index (χ2v) is 8.56. The van der Waals surface area contributed by atoms with E-state index in [4.69, 9.17) is 4.74 Å². The van der Waals surface area contributed by atoms with Crippen LogP contribution in [0.3, 0.4) is 0 Å². The van der Waals surface area contributed by atoms with Crippen molar-refractivity contribution in [3.8, 4) is 5.75 Å². The van der Waals surface area contributed by atoms with Gasteiger partial charge in [0.2, 0.25) is 10.0 Å². The zero-order valence-electron chi connectivity index (χ0n) is 15.2. The topological polar surface area (TPSA) is 46.4 Å². The van der Waals surface area contributed by atoms with E-state index in [2.05, 4.69) is 0 Å². The highest BCUT2D eigenvalue weighted by atomic mass is 32.2. The molecule has 0 aromatic heterocycles. The molecule has 27 heavy (non-hydrogen) atoms. The fraction of sp³-hybridized carbons (Fsp3) is 0.182. The summed E-state index contributed by atoms with van der Waals surface area (Å²) in [5, 5.41) is 0. The van der Waals surface area contributed by atoms with Crippen LogP contribution in [0.2, 0.25) is 0 Å². The number of aryl methyl sites for hydroxylation is 1. The molecule has 5 heteroatoms. The van der Waals surface area contributed by atoms with Crippen molar-refractivity contribution in [2.75, 3.05) is 7.11 Å². The highest BCUT2D eigenvalue weighted by Gasteiger charge is 2.56. The smallest absolute Gasteiger partial charge is 0.244 e. The van der Waals surface area contributed by atoms with E-state index >= 15 is 0 Å².